The average molecular weight is 437 g/mol. The van der Waals surface area contributed by atoms with Crippen molar-refractivity contribution in [1.82, 2.24) is 15.0 Å². The molecule has 0 saturated carbocycles. The highest BCUT2D eigenvalue weighted by atomic mass is 35.5. The summed E-state index contributed by atoms with van der Waals surface area (Å²) in [6.07, 6.45) is 3.46. The minimum atomic E-state index is -0.597. The molecule has 158 valence electrons. The molecule has 31 heavy (non-hydrogen) atoms. The van der Waals surface area contributed by atoms with E-state index >= 15 is 0 Å². The standard InChI is InChI=1S/C23H21ClN4O3/c1-12(2)23-27-11-19(28-23)14-5-4-13(8-17(14)24)31-20-6-7-26-18-10-21(30-3)16(22(25)29)9-15(18)20/h4-12H,1-3H3,(H2,25,29)(H,27,28). The van der Waals surface area contributed by atoms with Crippen molar-refractivity contribution in [2.24, 2.45) is 5.73 Å². The van der Waals surface area contributed by atoms with Crippen LogP contribution in [0, 0.1) is 0 Å². The van der Waals surface area contributed by atoms with Gasteiger partial charge in [0.2, 0.25) is 0 Å². The van der Waals surface area contributed by atoms with E-state index in [-0.39, 0.29) is 5.56 Å². The predicted octanol–water partition coefficient (Wildman–Crippen LogP) is 5.30. The van der Waals surface area contributed by atoms with Gasteiger partial charge in [-0.2, -0.15) is 0 Å². The molecule has 0 aliphatic carbocycles. The van der Waals surface area contributed by atoms with Crippen LogP contribution in [0.3, 0.4) is 0 Å². The summed E-state index contributed by atoms with van der Waals surface area (Å²) in [5.41, 5.74) is 7.93. The smallest absolute Gasteiger partial charge is 0.252 e. The molecule has 1 amide bonds. The molecule has 2 heterocycles. The summed E-state index contributed by atoms with van der Waals surface area (Å²) >= 11 is 6.52. The number of carbonyl (C=O) groups is 1. The number of carbonyl (C=O) groups excluding carboxylic acids is 1. The molecule has 0 radical (unpaired) electrons. The second-order valence-electron chi connectivity index (χ2n) is 7.31. The Morgan fingerprint density at radius 2 is 1.97 bits per heavy atom. The van der Waals surface area contributed by atoms with Crippen molar-refractivity contribution >= 4 is 28.4 Å². The van der Waals surface area contributed by atoms with Crippen molar-refractivity contribution in [2.75, 3.05) is 7.11 Å². The van der Waals surface area contributed by atoms with Gasteiger partial charge in [0, 0.05) is 41.4 Å². The molecule has 4 rings (SSSR count). The van der Waals surface area contributed by atoms with Gasteiger partial charge in [-0.3, -0.25) is 9.78 Å². The Morgan fingerprint density at radius 3 is 2.61 bits per heavy atom. The topological polar surface area (TPSA) is 103 Å². The Bertz CT molecular complexity index is 1280. The molecule has 0 aliphatic heterocycles. The van der Waals surface area contributed by atoms with Crippen LogP contribution in [-0.4, -0.2) is 28.0 Å². The van der Waals surface area contributed by atoms with Crippen molar-refractivity contribution < 1.29 is 14.3 Å². The predicted molar refractivity (Wildman–Crippen MR) is 120 cm³/mol. The Labute approximate surface area is 184 Å². The number of hydrogen-bond acceptors (Lipinski definition) is 5. The lowest BCUT2D eigenvalue weighted by molar-refractivity contribution is 0.0997. The van der Waals surface area contributed by atoms with Gasteiger partial charge in [-0.15, -0.1) is 0 Å². The van der Waals surface area contributed by atoms with Crippen molar-refractivity contribution in [3.8, 4) is 28.5 Å². The Balaban J connectivity index is 1.69. The summed E-state index contributed by atoms with van der Waals surface area (Å²) in [6, 6.07) is 10.4. The van der Waals surface area contributed by atoms with E-state index < -0.39 is 5.91 Å². The number of fused-ring (bicyclic) bond motifs is 1. The van der Waals surface area contributed by atoms with Crippen LogP contribution in [0.5, 0.6) is 17.2 Å². The maximum atomic E-state index is 11.8. The molecule has 0 atom stereocenters. The average Bonchev–Trinajstić information content (AvgIpc) is 3.23. The van der Waals surface area contributed by atoms with Gasteiger partial charge in [-0.25, -0.2) is 4.98 Å². The van der Waals surface area contributed by atoms with Crippen LogP contribution < -0.4 is 15.2 Å². The third-order valence-electron chi connectivity index (χ3n) is 4.88. The number of rotatable bonds is 6. The van der Waals surface area contributed by atoms with Crippen LogP contribution in [0.1, 0.15) is 35.9 Å². The lowest BCUT2D eigenvalue weighted by Gasteiger charge is -2.12. The Morgan fingerprint density at radius 1 is 1.16 bits per heavy atom. The highest BCUT2D eigenvalue weighted by Crippen LogP contribution is 2.36. The molecule has 8 heteroatoms. The van der Waals surface area contributed by atoms with Gasteiger partial charge >= 0.3 is 0 Å². The monoisotopic (exact) mass is 436 g/mol. The van der Waals surface area contributed by atoms with Crippen LogP contribution >= 0.6 is 11.6 Å². The number of benzene rings is 2. The molecule has 2 aromatic carbocycles. The van der Waals surface area contributed by atoms with Gasteiger partial charge < -0.3 is 20.2 Å². The molecule has 2 aromatic heterocycles. The molecular formula is C23H21ClN4O3. The maximum absolute atomic E-state index is 11.8. The molecule has 0 bridgehead atoms. The van der Waals surface area contributed by atoms with Crippen molar-refractivity contribution in [2.45, 2.75) is 19.8 Å². The number of aromatic nitrogens is 3. The summed E-state index contributed by atoms with van der Waals surface area (Å²) in [7, 11) is 1.47. The highest BCUT2D eigenvalue weighted by molar-refractivity contribution is 6.33. The molecule has 4 aromatic rings. The summed E-state index contributed by atoms with van der Waals surface area (Å²) in [6.45, 7) is 4.14. The first kappa shape index (κ1) is 20.7. The van der Waals surface area contributed by atoms with Gasteiger partial charge in [-0.05, 0) is 24.3 Å². The van der Waals surface area contributed by atoms with Crippen LogP contribution in [0.15, 0.2) is 48.8 Å². The minimum Gasteiger partial charge on any atom is -0.496 e. The van der Waals surface area contributed by atoms with E-state index in [9.17, 15) is 4.79 Å². The lowest BCUT2D eigenvalue weighted by atomic mass is 10.1. The maximum Gasteiger partial charge on any atom is 0.252 e. The van der Waals surface area contributed by atoms with Crippen LogP contribution in [0.2, 0.25) is 5.02 Å². The van der Waals surface area contributed by atoms with Gasteiger partial charge in [0.25, 0.3) is 5.91 Å². The number of ether oxygens (including phenoxy) is 2. The third-order valence-corrected chi connectivity index (χ3v) is 5.19. The Kier molecular flexibility index (Phi) is 5.52. The fraction of sp³-hybridized carbons (Fsp3) is 0.174. The number of pyridine rings is 1. The summed E-state index contributed by atoms with van der Waals surface area (Å²) in [5.74, 6) is 2.00. The molecule has 0 unspecified atom stereocenters. The van der Waals surface area contributed by atoms with Crippen molar-refractivity contribution in [3.63, 3.8) is 0 Å². The number of amides is 1. The lowest BCUT2D eigenvalue weighted by Crippen LogP contribution is -2.12. The summed E-state index contributed by atoms with van der Waals surface area (Å²) in [5, 5.41) is 1.14. The van der Waals surface area contributed by atoms with E-state index in [4.69, 9.17) is 26.8 Å². The van der Waals surface area contributed by atoms with Crippen molar-refractivity contribution in [1.29, 1.82) is 0 Å². The van der Waals surface area contributed by atoms with Gasteiger partial charge in [0.05, 0.1) is 28.9 Å². The molecule has 0 saturated heterocycles. The third kappa shape index (κ3) is 4.04. The van der Waals surface area contributed by atoms with E-state index in [1.807, 2.05) is 18.3 Å². The first-order valence-corrected chi connectivity index (χ1v) is 10.0. The van der Waals surface area contributed by atoms with E-state index in [0.29, 0.717) is 39.1 Å². The number of methoxy groups -OCH3 is 1. The largest absolute Gasteiger partial charge is 0.496 e. The van der Waals surface area contributed by atoms with Crippen LogP contribution in [0.4, 0.5) is 0 Å². The molecule has 0 fully saturated rings. The second kappa shape index (κ2) is 8.28. The SMILES string of the molecule is COc1cc2nccc(Oc3ccc(-c4c[nH]c(C(C)C)n4)c(Cl)c3)c2cc1C(N)=O. The van der Waals surface area contributed by atoms with Crippen LogP contribution in [-0.2, 0) is 0 Å². The molecule has 3 N–H and O–H groups in total. The molecular weight excluding hydrogens is 416 g/mol. The van der Waals surface area contributed by atoms with E-state index in [2.05, 4.69) is 28.8 Å². The van der Waals surface area contributed by atoms with E-state index in [1.54, 1.807) is 30.5 Å². The minimum absolute atomic E-state index is 0.251. The number of primary amides is 1. The van der Waals surface area contributed by atoms with Crippen LogP contribution in [0.25, 0.3) is 22.2 Å². The summed E-state index contributed by atoms with van der Waals surface area (Å²) < 4.78 is 11.3. The number of nitrogens with one attached hydrogen (secondary N) is 1. The summed E-state index contributed by atoms with van der Waals surface area (Å²) in [4.78, 5) is 23.9. The van der Waals surface area contributed by atoms with Crippen molar-refractivity contribution in [3.05, 3.63) is 65.2 Å². The fourth-order valence-corrected chi connectivity index (χ4v) is 3.53. The quantitative estimate of drug-likeness (QED) is 0.426. The highest BCUT2D eigenvalue weighted by Gasteiger charge is 2.15. The van der Waals surface area contributed by atoms with E-state index in [0.717, 1.165) is 17.1 Å². The normalized spacial score (nSPS) is 11.1. The van der Waals surface area contributed by atoms with E-state index in [1.165, 1.54) is 7.11 Å². The first-order valence-electron chi connectivity index (χ1n) is 9.67. The van der Waals surface area contributed by atoms with Gasteiger partial charge in [-0.1, -0.05) is 25.4 Å². The number of nitrogens with two attached hydrogens (primary N) is 1. The number of imidazole rings is 1. The Hall–Kier alpha value is -3.58. The molecule has 0 spiro atoms. The molecule has 0 aliphatic rings. The zero-order valence-electron chi connectivity index (χ0n) is 17.3. The molecule has 7 nitrogen and oxygen atoms in total. The van der Waals surface area contributed by atoms with Gasteiger partial charge in [0.1, 0.15) is 23.1 Å². The zero-order chi connectivity index (χ0) is 22.1. The number of aromatic amines is 1. The fourth-order valence-electron chi connectivity index (χ4n) is 3.26. The number of H-pyrrole nitrogens is 1. The first-order chi connectivity index (χ1) is 14.9. The second-order valence-corrected chi connectivity index (χ2v) is 7.72. The zero-order valence-corrected chi connectivity index (χ0v) is 18.0. The van der Waals surface area contributed by atoms with Gasteiger partial charge in [0.15, 0.2) is 0 Å². The number of halogens is 1. The number of nitrogens with zero attached hydrogens (tertiary/aromatic N) is 2. The number of hydrogen-bond donors (Lipinski definition) is 2.